The van der Waals surface area contributed by atoms with E-state index in [1.807, 2.05) is 20.1 Å². The number of hydrogen-bond donors (Lipinski definition) is 2. The monoisotopic (exact) mass is 287 g/mol. The molecule has 2 N–H and O–H groups in total. The number of amides is 1. The first-order valence-corrected chi connectivity index (χ1v) is 7.76. The van der Waals surface area contributed by atoms with Gasteiger partial charge in [0, 0.05) is 9.75 Å². The van der Waals surface area contributed by atoms with Gasteiger partial charge in [-0.3, -0.25) is 4.79 Å². The van der Waals surface area contributed by atoms with Gasteiger partial charge in [0.25, 0.3) is 5.91 Å². The van der Waals surface area contributed by atoms with E-state index in [1.54, 1.807) is 17.8 Å². The van der Waals surface area contributed by atoms with Gasteiger partial charge in [-0.05, 0) is 38.3 Å². The summed E-state index contributed by atoms with van der Waals surface area (Å²) in [6.45, 7) is 3.79. The molecule has 1 atom stereocenters. The first-order valence-electron chi connectivity index (χ1n) is 5.55. The smallest absolute Gasteiger partial charge is 0.326 e. The Hall–Kier alpha value is -1.01. The molecule has 1 aromatic heterocycles. The van der Waals surface area contributed by atoms with Crippen molar-refractivity contribution in [3.63, 3.8) is 0 Å². The molecule has 6 heteroatoms. The van der Waals surface area contributed by atoms with Gasteiger partial charge in [0.1, 0.15) is 6.04 Å². The third-order valence-corrected chi connectivity index (χ3v) is 4.11. The van der Waals surface area contributed by atoms with E-state index in [2.05, 4.69) is 5.32 Å². The average Bonchev–Trinajstić information content (AvgIpc) is 2.63. The van der Waals surface area contributed by atoms with Crippen molar-refractivity contribution in [2.24, 2.45) is 0 Å². The van der Waals surface area contributed by atoms with Gasteiger partial charge in [0.15, 0.2) is 0 Å². The van der Waals surface area contributed by atoms with Crippen molar-refractivity contribution in [1.82, 2.24) is 5.32 Å². The Kier molecular flexibility index (Phi) is 5.68. The van der Waals surface area contributed by atoms with Crippen LogP contribution in [0.4, 0.5) is 0 Å². The molecule has 4 nitrogen and oxygen atoms in total. The van der Waals surface area contributed by atoms with Crippen LogP contribution < -0.4 is 5.32 Å². The number of carbonyl (C=O) groups excluding carboxylic acids is 1. The summed E-state index contributed by atoms with van der Waals surface area (Å²) in [7, 11) is 0. The van der Waals surface area contributed by atoms with Crippen LogP contribution in [0.5, 0.6) is 0 Å². The van der Waals surface area contributed by atoms with Gasteiger partial charge in [-0.2, -0.15) is 11.8 Å². The Labute approximate surface area is 115 Å². The zero-order valence-corrected chi connectivity index (χ0v) is 12.3. The lowest BCUT2D eigenvalue weighted by atomic mass is 10.2. The molecule has 0 aliphatic carbocycles. The SMILES string of the molecule is CSCCC(NC(=O)c1cc(C)sc1C)C(=O)O. The number of thioether (sulfide) groups is 1. The lowest BCUT2D eigenvalue weighted by Gasteiger charge is -2.13. The summed E-state index contributed by atoms with van der Waals surface area (Å²) in [5.41, 5.74) is 0.577. The first-order chi connectivity index (χ1) is 8.45. The molecule has 0 spiro atoms. The van der Waals surface area contributed by atoms with Crippen LogP contribution >= 0.6 is 23.1 Å². The molecule has 0 radical (unpaired) electrons. The van der Waals surface area contributed by atoms with Gasteiger partial charge in [-0.15, -0.1) is 11.3 Å². The van der Waals surface area contributed by atoms with Gasteiger partial charge in [0.2, 0.25) is 0 Å². The van der Waals surface area contributed by atoms with Gasteiger partial charge in [0.05, 0.1) is 5.56 Å². The van der Waals surface area contributed by atoms with E-state index < -0.39 is 12.0 Å². The molecule has 1 rings (SSSR count). The van der Waals surface area contributed by atoms with E-state index in [9.17, 15) is 9.59 Å². The highest BCUT2D eigenvalue weighted by molar-refractivity contribution is 7.98. The van der Waals surface area contributed by atoms with Crippen LogP contribution in [0.2, 0.25) is 0 Å². The standard InChI is InChI=1S/C12H17NO3S2/c1-7-6-9(8(2)18-7)11(14)13-10(12(15)16)4-5-17-3/h6,10H,4-5H2,1-3H3,(H,13,14)(H,15,16). The number of aliphatic carboxylic acids is 1. The minimum absolute atomic E-state index is 0.301. The molecule has 0 saturated heterocycles. The number of hydrogen-bond acceptors (Lipinski definition) is 4. The van der Waals surface area contributed by atoms with Gasteiger partial charge >= 0.3 is 5.97 Å². The van der Waals surface area contributed by atoms with Crippen LogP contribution in [-0.4, -0.2) is 35.0 Å². The minimum Gasteiger partial charge on any atom is -0.480 e. The normalized spacial score (nSPS) is 12.2. The second-order valence-corrected chi connectivity index (χ2v) is 6.42. The Bertz CT molecular complexity index is 443. The highest BCUT2D eigenvalue weighted by atomic mass is 32.2. The predicted octanol–water partition coefficient (Wildman–Crippen LogP) is 2.30. The summed E-state index contributed by atoms with van der Waals surface area (Å²) in [6, 6.07) is 0.979. The fourth-order valence-electron chi connectivity index (χ4n) is 1.59. The van der Waals surface area contributed by atoms with Crippen LogP contribution in [0.1, 0.15) is 26.5 Å². The second kappa shape index (κ2) is 6.80. The topological polar surface area (TPSA) is 66.4 Å². The van der Waals surface area contributed by atoms with Crippen LogP contribution in [-0.2, 0) is 4.79 Å². The molecule has 0 aromatic carbocycles. The summed E-state index contributed by atoms with van der Waals surface area (Å²) in [5, 5.41) is 11.6. The van der Waals surface area contributed by atoms with Crippen molar-refractivity contribution < 1.29 is 14.7 Å². The zero-order chi connectivity index (χ0) is 13.7. The molecule has 100 valence electrons. The van der Waals surface area contributed by atoms with Crippen molar-refractivity contribution >= 4 is 35.0 Å². The number of nitrogens with one attached hydrogen (secondary N) is 1. The highest BCUT2D eigenvalue weighted by Gasteiger charge is 2.21. The Balaban J connectivity index is 2.72. The summed E-state index contributed by atoms with van der Waals surface area (Å²) in [5.74, 6) is -0.578. The summed E-state index contributed by atoms with van der Waals surface area (Å²) in [6.07, 6.45) is 2.34. The van der Waals surface area contributed by atoms with Crippen molar-refractivity contribution in [2.45, 2.75) is 26.3 Å². The van der Waals surface area contributed by atoms with E-state index in [0.717, 1.165) is 9.75 Å². The third-order valence-electron chi connectivity index (χ3n) is 2.50. The number of thiophene rings is 1. The number of carbonyl (C=O) groups is 2. The lowest BCUT2D eigenvalue weighted by molar-refractivity contribution is -0.139. The molecular formula is C12H17NO3S2. The molecule has 0 bridgehead atoms. The molecule has 1 amide bonds. The largest absolute Gasteiger partial charge is 0.480 e. The molecule has 0 aliphatic heterocycles. The fourth-order valence-corrected chi connectivity index (χ4v) is 2.98. The highest BCUT2D eigenvalue weighted by Crippen LogP contribution is 2.20. The van der Waals surface area contributed by atoms with Crippen molar-refractivity contribution in [3.8, 4) is 0 Å². The summed E-state index contributed by atoms with van der Waals surface area (Å²) < 4.78 is 0. The van der Waals surface area contributed by atoms with E-state index in [0.29, 0.717) is 17.7 Å². The number of carboxylic acids is 1. The number of aryl methyl sites for hydroxylation is 2. The third kappa shape index (κ3) is 4.03. The summed E-state index contributed by atoms with van der Waals surface area (Å²) >= 11 is 3.10. The van der Waals surface area contributed by atoms with Crippen molar-refractivity contribution in [3.05, 3.63) is 21.4 Å². The average molecular weight is 287 g/mol. The van der Waals surface area contributed by atoms with Crippen LogP contribution in [0.15, 0.2) is 6.07 Å². The number of carboxylic acid groups (broad SMARTS) is 1. The maximum Gasteiger partial charge on any atom is 0.326 e. The van der Waals surface area contributed by atoms with Gasteiger partial charge in [-0.1, -0.05) is 0 Å². The molecule has 1 unspecified atom stereocenters. The molecular weight excluding hydrogens is 270 g/mol. The lowest BCUT2D eigenvalue weighted by Crippen LogP contribution is -2.41. The quantitative estimate of drug-likeness (QED) is 0.842. The van der Waals surface area contributed by atoms with E-state index in [-0.39, 0.29) is 5.91 Å². The minimum atomic E-state index is -0.984. The summed E-state index contributed by atoms with van der Waals surface area (Å²) in [4.78, 5) is 25.0. The van der Waals surface area contributed by atoms with E-state index in [4.69, 9.17) is 5.11 Å². The van der Waals surface area contributed by atoms with Crippen LogP contribution in [0.25, 0.3) is 0 Å². The van der Waals surface area contributed by atoms with Gasteiger partial charge in [-0.25, -0.2) is 4.79 Å². The molecule has 0 saturated carbocycles. The molecule has 1 aromatic rings. The fraction of sp³-hybridized carbons (Fsp3) is 0.500. The van der Waals surface area contributed by atoms with Gasteiger partial charge < -0.3 is 10.4 Å². The van der Waals surface area contributed by atoms with E-state index >= 15 is 0 Å². The van der Waals surface area contributed by atoms with Crippen molar-refractivity contribution in [2.75, 3.05) is 12.0 Å². The van der Waals surface area contributed by atoms with Crippen molar-refractivity contribution in [1.29, 1.82) is 0 Å². The molecule has 0 aliphatic rings. The molecule has 1 heterocycles. The maximum atomic E-state index is 12.0. The number of rotatable bonds is 6. The van der Waals surface area contributed by atoms with E-state index in [1.165, 1.54) is 11.3 Å². The van der Waals surface area contributed by atoms with Crippen LogP contribution in [0, 0.1) is 13.8 Å². The maximum absolute atomic E-state index is 12.0. The Morgan fingerprint density at radius 3 is 2.61 bits per heavy atom. The molecule has 0 fully saturated rings. The second-order valence-electron chi connectivity index (χ2n) is 3.97. The molecule has 18 heavy (non-hydrogen) atoms. The predicted molar refractivity (Wildman–Crippen MR) is 75.7 cm³/mol. The Morgan fingerprint density at radius 2 is 2.17 bits per heavy atom. The zero-order valence-electron chi connectivity index (χ0n) is 10.6. The Morgan fingerprint density at radius 1 is 1.50 bits per heavy atom. The van der Waals surface area contributed by atoms with Crippen LogP contribution in [0.3, 0.4) is 0 Å². The first kappa shape index (κ1) is 15.0.